The fourth-order valence-corrected chi connectivity index (χ4v) is 2.37. The normalized spacial score (nSPS) is 10.7. The Bertz CT molecular complexity index is 501. The Labute approximate surface area is 106 Å². The summed E-state index contributed by atoms with van der Waals surface area (Å²) in [5.41, 5.74) is 0.902. The summed E-state index contributed by atoms with van der Waals surface area (Å²) in [5.74, 6) is 0.650. The van der Waals surface area contributed by atoms with Gasteiger partial charge >= 0.3 is 0 Å². The van der Waals surface area contributed by atoms with Gasteiger partial charge in [-0.15, -0.1) is 5.10 Å². The van der Waals surface area contributed by atoms with Gasteiger partial charge in [0, 0.05) is 24.0 Å². The second kappa shape index (κ2) is 4.99. The summed E-state index contributed by atoms with van der Waals surface area (Å²) in [5, 5.41) is 12.8. The second-order valence-corrected chi connectivity index (χ2v) is 4.71. The van der Waals surface area contributed by atoms with E-state index in [1.165, 1.54) is 11.8 Å². The van der Waals surface area contributed by atoms with Gasteiger partial charge in [0.2, 0.25) is 5.16 Å². The Morgan fingerprint density at radius 1 is 1.44 bits per heavy atom. The molecule has 0 radical (unpaired) electrons. The summed E-state index contributed by atoms with van der Waals surface area (Å²) >= 11 is 13.2. The van der Waals surface area contributed by atoms with Crippen LogP contribution < -0.4 is 0 Å². The average molecular weight is 276 g/mol. The number of aryl methyl sites for hydroxylation is 1. The van der Waals surface area contributed by atoms with Crippen molar-refractivity contribution in [1.82, 2.24) is 25.2 Å². The standard InChI is InChI=1S/C8H7Cl2N5S/c1-15-8(12-13-14-15)16-4-5-3-11-7(10)2-6(5)9/h2-3H,4H2,1H3. The van der Waals surface area contributed by atoms with Gasteiger partial charge in [-0.05, 0) is 22.1 Å². The van der Waals surface area contributed by atoms with Crippen molar-refractivity contribution in [1.29, 1.82) is 0 Å². The van der Waals surface area contributed by atoms with Crippen molar-refractivity contribution in [3.8, 4) is 0 Å². The number of halogens is 2. The van der Waals surface area contributed by atoms with Gasteiger partial charge in [0.25, 0.3) is 0 Å². The molecule has 0 saturated carbocycles. The van der Waals surface area contributed by atoms with E-state index in [0.29, 0.717) is 15.9 Å². The highest BCUT2D eigenvalue weighted by atomic mass is 35.5. The van der Waals surface area contributed by atoms with Crippen LogP contribution in [0, 0.1) is 0 Å². The van der Waals surface area contributed by atoms with Gasteiger partial charge in [0.1, 0.15) is 5.15 Å². The average Bonchev–Trinajstić information content (AvgIpc) is 2.63. The molecule has 0 aliphatic carbocycles. The molecule has 2 heterocycles. The molecule has 0 aromatic carbocycles. The molecule has 8 heteroatoms. The van der Waals surface area contributed by atoms with Crippen LogP contribution >= 0.6 is 35.0 Å². The molecule has 0 amide bonds. The quantitative estimate of drug-likeness (QED) is 0.635. The molecule has 5 nitrogen and oxygen atoms in total. The van der Waals surface area contributed by atoms with Crippen LogP contribution in [0.5, 0.6) is 0 Å². The molecule has 0 spiro atoms. The first-order chi connectivity index (χ1) is 7.66. The Morgan fingerprint density at radius 3 is 2.88 bits per heavy atom. The number of rotatable bonds is 3. The first kappa shape index (κ1) is 11.6. The van der Waals surface area contributed by atoms with E-state index in [1.807, 2.05) is 0 Å². The van der Waals surface area contributed by atoms with Gasteiger partial charge in [0.15, 0.2) is 0 Å². The first-order valence-corrected chi connectivity index (χ1v) is 6.06. The highest BCUT2D eigenvalue weighted by Gasteiger charge is 2.07. The van der Waals surface area contributed by atoms with Crippen molar-refractivity contribution in [3.05, 3.63) is 28.0 Å². The maximum atomic E-state index is 6.01. The zero-order valence-corrected chi connectivity index (χ0v) is 10.6. The Kier molecular flexibility index (Phi) is 3.63. The van der Waals surface area contributed by atoms with Crippen LogP contribution in [0.2, 0.25) is 10.2 Å². The highest BCUT2D eigenvalue weighted by Crippen LogP contribution is 2.25. The lowest BCUT2D eigenvalue weighted by molar-refractivity contribution is 0.664. The largest absolute Gasteiger partial charge is 0.244 e. The van der Waals surface area contributed by atoms with Crippen molar-refractivity contribution in [2.24, 2.45) is 7.05 Å². The molecule has 0 aliphatic rings. The second-order valence-electron chi connectivity index (χ2n) is 2.97. The van der Waals surface area contributed by atoms with Gasteiger partial charge < -0.3 is 0 Å². The van der Waals surface area contributed by atoms with E-state index >= 15 is 0 Å². The SMILES string of the molecule is Cn1nnnc1SCc1cnc(Cl)cc1Cl. The van der Waals surface area contributed by atoms with Gasteiger partial charge in [-0.25, -0.2) is 9.67 Å². The number of hydrogen-bond acceptors (Lipinski definition) is 5. The van der Waals surface area contributed by atoms with Gasteiger partial charge in [-0.1, -0.05) is 35.0 Å². The molecule has 0 atom stereocenters. The van der Waals surface area contributed by atoms with Gasteiger partial charge in [-0.3, -0.25) is 0 Å². The van der Waals surface area contributed by atoms with E-state index in [-0.39, 0.29) is 0 Å². The number of thioether (sulfide) groups is 1. The van der Waals surface area contributed by atoms with Crippen LogP contribution in [-0.4, -0.2) is 25.2 Å². The molecule has 2 aromatic heterocycles. The molecule has 0 N–H and O–H groups in total. The van der Waals surface area contributed by atoms with Crippen molar-refractivity contribution < 1.29 is 0 Å². The van der Waals surface area contributed by atoms with Crippen LogP contribution in [0.15, 0.2) is 17.4 Å². The molecule has 0 aliphatic heterocycles. The van der Waals surface area contributed by atoms with E-state index in [1.54, 1.807) is 24.0 Å². The number of nitrogens with zero attached hydrogens (tertiary/aromatic N) is 5. The lowest BCUT2D eigenvalue weighted by Gasteiger charge is -2.02. The van der Waals surface area contributed by atoms with Crippen LogP contribution in [-0.2, 0) is 12.8 Å². The molecule has 16 heavy (non-hydrogen) atoms. The highest BCUT2D eigenvalue weighted by molar-refractivity contribution is 7.98. The van der Waals surface area contributed by atoms with E-state index in [0.717, 1.165) is 10.7 Å². The molecule has 0 saturated heterocycles. The minimum absolute atomic E-state index is 0.388. The lowest BCUT2D eigenvalue weighted by Crippen LogP contribution is -1.94. The fraction of sp³-hybridized carbons (Fsp3) is 0.250. The van der Waals surface area contributed by atoms with Crippen LogP contribution in [0.25, 0.3) is 0 Å². The number of hydrogen-bond donors (Lipinski definition) is 0. The molecular formula is C8H7Cl2N5S. The third-order valence-electron chi connectivity index (χ3n) is 1.83. The summed E-state index contributed by atoms with van der Waals surface area (Å²) in [4.78, 5) is 3.97. The molecule has 2 rings (SSSR count). The van der Waals surface area contributed by atoms with E-state index in [2.05, 4.69) is 20.5 Å². The molecule has 0 bridgehead atoms. The smallest absolute Gasteiger partial charge is 0.209 e. The number of tetrazole rings is 1. The zero-order valence-electron chi connectivity index (χ0n) is 8.26. The van der Waals surface area contributed by atoms with Crippen LogP contribution in [0.4, 0.5) is 0 Å². The molecule has 2 aromatic rings. The third kappa shape index (κ3) is 2.63. The Hall–Kier alpha value is -0.850. The molecule has 84 valence electrons. The number of aromatic nitrogens is 5. The van der Waals surface area contributed by atoms with Gasteiger partial charge in [0.05, 0.1) is 0 Å². The van der Waals surface area contributed by atoms with Crippen LogP contribution in [0.1, 0.15) is 5.56 Å². The van der Waals surface area contributed by atoms with E-state index in [4.69, 9.17) is 23.2 Å². The van der Waals surface area contributed by atoms with E-state index in [9.17, 15) is 0 Å². The Morgan fingerprint density at radius 2 is 2.25 bits per heavy atom. The Balaban J connectivity index is 2.08. The van der Waals surface area contributed by atoms with E-state index < -0.39 is 0 Å². The molecular weight excluding hydrogens is 269 g/mol. The lowest BCUT2D eigenvalue weighted by atomic mass is 10.3. The topological polar surface area (TPSA) is 56.5 Å². The van der Waals surface area contributed by atoms with Crippen molar-refractivity contribution in [3.63, 3.8) is 0 Å². The zero-order chi connectivity index (χ0) is 11.5. The van der Waals surface area contributed by atoms with Crippen molar-refractivity contribution >= 4 is 35.0 Å². The summed E-state index contributed by atoms with van der Waals surface area (Å²) in [7, 11) is 1.78. The molecule has 0 unspecified atom stereocenters. The summed E-state index contributed by atoms with van der Waals surface area (Å²) in [6, 6.07) is 1.62. The monoisotopic (exact) mass is 275 g/mol. The van der Waals surface area contributed by atoms with Crippen molar-refractivity contribution in [2.75, 3.05) is 0 Å². The summed E-state index contributed by atoms with van der Waals surface area (Å²) < 4.78 is 1.60. The fourth-order valence-electron chi connectivity index (χ4n) is 1.03. The minimum atomic E-state index is 0.388. The predicted molar refractivity (Wildman–Crippen MR) is 62.6 cm³/mol. The van der Waals surface area contributed by atoms with Crippen LogP contribution in [0.3, 0.4) is 0 Å². The maximum Gasteiger partial charge on any atom is 0.209 e. The van der Waals surface area contributed by atoms with Crippen molar-refractivity contribution in [2.45, 2.75) is 10.9 Å². The first-order valence-electron chi connectivity index (χ1n) is 4.32. The maximum absolute atomic E-state index is 6.01. The summed E-state index contributed by atoms with van der Waals surface area (Å²) in [6.45, 7) is 0. The minimum Gasteiger partial charge on any atom is -0.244 e. The predicted octanol–water partition coefficient (Wildman–Crippen LogP) is 2.20. The molecule has 0 fully saturated rings. The summed E-state index contributed by atoms with van der Waals surface area (Å²) in [6.07, 6.45) is 1.65. The third-order valence-corrected chi connectivity index (χ3v) is 3.45. The number of pyridine rings is 1. The van der Waals surface area contributed by atoms with Gasteiger partial charge in [-0.2, -0.15) is 0 Å².